The van der Waals surface area contributed by atoms with Gasteiger partial charge in [0.05, 0.1) is 6.61 Å². The largest absolute Gasteiger partial charge is 0.357 e. The Hall–Kier alpha value is -1.80. The first-order valence-corrected chi connectivity index (χ1v) is 7.31. The minimum Gasteiger partial charge on any atom is -0.357 e. The highest BCUT2D eigenvalue weighted by Gasteiger charge is 2.51. The number of rotatable bonds is 2. The first-order chi connectivity index (χ1) is 9.79. The normalized spacial score (nSPS) is 27.4. The maximum atomic E-state index is 6.07. The highest BCUT2D eigenvalue weighted by atomic mass is 16.5. The van der Waals surface area contributed by atoms with Gasteiger partial charge in [0.25, 0.3) is 0 Å². The number of benzene rings is 2. The number of nitrogens with zero attached hydrogens (tertiary/aromatic N) is 1. The summed E-state index contributed by atoms with van der Waals surface area (Å²) in [6.07, 6.45) is 1.29. The quantitative estimate of drug-likeness (QED) is 0.820. The fraction of sp³-hybridized carbons (Fsp3) is 0.333. The van der Waals surface area contributed by atoms with Crippen LogP contribution < -0.4 is 4.90 Å². The van der Waals surface area contributed by atoms with Gasteiger partial charge in [-0.25, -0.2) is 0 Å². The smallest absolute Gasteiger partial charge is 0.140 e. The minimum atomic E-state index is 0.144. The molecule has 0 radical (unpaired) electrons. The lowest BCUT2D eigenvalue weighted by Crippen LogP contribution is -2.39. The molecule has 2 aliphatic rings. The molecule has 0 aliphatic carbocycles. The van der Waals surface area contributed by atoms with E-state index in [1.807, 2.05) is 0 Å². The molecule has 2 aromatic carbocycles. The molecule has 0 N–H and O–H groups in total. The highest BCUT2D eigenvalue weighted by molar-refractivity contribution is 5.64. The number of hydrogen-bond donors (Lipinski definition) is 0. The standard InChI is InChI=1S/C18H19NO/c1-18-11-12-20-17(18)19(13-14-7-3-2-4-8-14)16-10-6-5-9-15(16)18/h2-10,17H,11-13H2,1H3/t17-,18-/m1/s1. The summed E-state index contributed by atoms with van der Waals surface area (Å²) in [7, 11) is 0. The van der Waals surface area contributed by atoms with Crippen LogP contribution in [0.25, 0.3) is 0 Å². The molecule has 0 bridgehead atoms. The van der Waals surface area contributed by atoms with E-state index in [2.05, 4.69) is 66.4 Å². The molecule has 0 unspecified atom stereocenters. The average molecular weight is 265 g/mol. The van der Waals surface area contributed by atoms with Crippen LogP contribution in [0, 0.1) is 0 Å². The summed E-state index contributed by atoms with van der Waals surface area (Å²) in [4.78, 5) is 2.43. The molecule has 2 heteroatoms. The van der Waals surface area contributed by atoms with Crippen LogP contribution in [-0.4, -0.2) is 12.8 Å². The van der Waals surface area contributed by atoms with Crippen molar-refractivity contribution in [1.82, 2.24) is 0 Å². The Balaban J connectivity index is 1.76. The van der Waals surface area contributed by atoms with Gasteiger partial charge in [-0.05, 0) is 23.6 Å². The Morgan fingerprint density at radius 3 is 2.70 bits per heavy atom. The molecule has 0 saturated carbocycles. The van der Waals surface area contributed by atoms with Crippen molar-refractivity contribution in [3.8, 4) is 0 Å². The summed E-state index contributed by atoms with van der Waals surface area (Å²) in [6.45, 7) is 4.12. The first kappa shape index (κ1) is 12.0. The van der Waals surface area contributed by atoms with Crippen LogP contribution in [0.2, 0.25) is 0 Å². The third-order valence-corrected chi connectivity index (χ3v) is 4.75. The van der Waals surface area contributed by atoms with Crippen LogP contribution in [0.1, 0.15) is 24.5 Å². The van der Waals surface area contributed by atoms with E-state index < -0.39 is 0 Å². The second-order valence-electron chi connectivity index (χ2n) is 6.02. The van der Waals surface area contributed by atoms with Gasteiger partial charge in [0.15, 0.2) is 0 Å². The van der Waals surface area contributed by atoms with Crippen molar-refractivity contribution in [2.45, 2.75) is 31.5 Å². The number of anilines is 1. The molecular formula is C18H19NO. The fourth-order valence-corrected chi connectivity index (χ4v) is 3.67. The maximum Gasteiger partial charge on any atom is 0.140 e. The fourth-order valence-electron chi connectivity index (χ4n) is 3.67. The topological polar surface area (TPSA) is 12.5 Å². The molecule has 2 heterocycles. The minimum absolute atomic E-state index is 0.144. The summed E-state index contributed by atoms with van der Waals surface area (Å²) in [6, 6.07) is 19.4. The molecule has 2 nitrogen and oxygen atoms in total. The molecule has 0 spiro atoms. The second-order valence-corrected chi connectivity index (χ2v) is 6.02. The molecule has 0 aromatic heterocycles. The lowest BCUT2D eigenvalue weighted by molar-refractivity contribution is 0.0868. The number of fused-ring (bicyclic) bond motifs is 3. The zero-order valence-electron chi connectivity index (χ0n) is 11.8. The van der Waals surface area contributed by atoms with Crippen molar-refractivity contribution in [2.24, 2.45) is 0 Å². The first-order valence-electron chi connectivity index (χ1n) is 7.31. The Labute approximate surface area is 120 Å². The zero-order chi connectivity index (χ0) is 13.6. The van der Waals surface area contributed by atoms with E-state index in [0.717, 1.165) is 19.6 Å². The van der Waals surface area contributed by atoms with Crippen molar-refractivity contribution < 1.29 is 4.74 Å². The van der Waals surface area contributed by atoms with Gasteiger partial charge in [0.2, 0.25) is 0 Å². The van der Waals surface area contributed by atoms with Crippen molar-refractivity contribution in [3.63, 3.8) is 0 Å². The molecule has 2 aromatic rings. The van der Waals surface area contributed by atoms with Gasteiger partial charge in [-0.15, -0.1) is 0 Å². The lowest BCUT2D eigenvalue weighted by Gasteiger charge is -2.29. The monoisotopic (exact) mass is 265 g/mol. The van der Waals surface area contributed by atoms with E-state index in [9.17, 15) is 0 Å². The number of hydrogen-bond acceptors (Lipinski definition) is 2. The molecule has 1 saturated heterocycles. The third-order valence-electron chi connectivity index (χ3n) is 4.75. The molecule has 0 amide bonds. The van der Waals surface area contributed by atoms with Crippen molar-refractivity contribution in [3.05, 3.63) is 65.7 Å². The predicted molar refractivity (Wildman–Crippen MR) is 80.8 cm³/mol. The van der Waals surface area contributed by atoms with E-state index in [1.54, 1.807) is 0 Å². The van der Waals surface area contributed by atoms with Crippen LogP contribution >= 0.6 is 0 Å². The van der Waals surface area contributed by atoms with Gasteiger partial charge in [0.1, 0.15) is 6.23 Å². The van der Waals surface area contributed by atoms with E-state index in [0.29, 0.717) is 0 Å². The van der Waals surface area contributed by atoms with Gasteiger partial charge in [-0.2, -0.15) is 0 Å². The lowest BCUT2D eigenvalue weighted by atomic mass is 9.82. The second kappa shape index (κ2) is 4.35. The maximum absolute atomic E-state index is 6.07. The summed E-state index contributed by atoms with van der Waals surface area (Å²) < 4.78 is 6.07. The Bertz CT molecular complexity index is 624. The number of para-hydroxylation sites is 1. The van der Waals surface area contributed by atoms with E-state index in [4.69, 9.17) is 4.74 Å². The Morgan fingerprint density at radius 2 is 1.85 bits per heavy atom. The molecule has 2 aliphatic heterocycles. The van der Waals surface area contributed by atoms with Crippen molar-refractivity contribution >= 4 is 5.69 Å². The van der Waals surface area contributed by atoms with Gasteiger partial charge >= 0.3 is 0 Å². The van der Waals surface area contributed by atoms with Gasteiger partial charge in [-0.3, -0.25) is 0 Å². The molecule has 2 atom stereocenters. The van der Waals surface area contributed by atoms with Crippen molar-refractivity contribution in [2.75, 3.05) is 11.5 Å². The molecule has 20 heavy (non-hydrogen) atoms. The summed E-state index contributed by atoms with van der Waals surface area (Å²) in [5.41, 5.74) is 4.26. The zero-order valence-corrected chi connectivity index (χ0v) is 11.8. The van der Waals surface area contributed by atoms with Crippen molar-refractivity contribution in [1.29, 1.82) is 0 Å². The van der Waals surface area contributed by atoms with Gasteiger partial charge < -0.3 is 9.64 Å². The summed E-state index contributed by atoms with van der Waals surface area (Å²) in [5.74, 6) is 0. The number of ether oxygens (including phenoxy) is 1. The van der Waals surface area contributed by atoms with E-state index in [-0.39, 0.29) is 11.6 Å². The van der Waals surface area contributed by atoms with Crippen LogP contribution in [0.5, 0.6) is 0 Å². The van der Waals surface area contributed by atoms with Crippen LogP contribution in [-0.2, 0) is 16.7 Å². The molecule has 1 fully saturated rings. The van der Waals surface area contributed by atoms with Gasteiger partial charge in [0, 0.05) is 17.6 Å². The molecule has 102 valence electrons. The van der Waals surface area contributed by atoms with E-state index >= 15 is 0 Å². The summed E-state index contributed by atoms with van der Waals surface area (Å²) in [5, 5.41) is 0. The van der Waals surface area contributed by atoms with Crippen LogP contribution in [0.3, 0.4) is 0 Å². The summed E-state index contributed by atoms with van der Waals surface area (Å²) >= 11 is 0. The Morgan fingerprint density at radius 1 is 1.10 bits per heavy atom. The molecule has 4 rings (SSSR count). The van der Waals surface area contributed by atoms with Crippen LogP contribution in [0.15, 0.2) is 54.6 Å². The average Bonchev–Trinajstić information content (AvgIpc) is 2.97. The van der Waals surface area contributed by atoms with E-state index in [1.165, 1.54) is 16.8 Å². The predicted octanol–water partition coefficient (Wildman–Crippen LogP) is 3.71. The SMILES string of the molecule is C[C@]12CCO[C@H]1N(Cc1ccccc1)c1ccccc12. The molecular weight excluding hydrogens is 246 g/mol. The van der Waals surface area contributed by atoms with Crippen LogP contribution in [0.4, 0.5) is 5.69 Å². The Kier molecular flexibility index (Phi) is 2.61. The highest BCUT2D eigenvalue weighted by Crippen LogP contribution is 2.51. The third kappa shape index (κ3) is 1.61. The van der Waals surface area contributed by atoms with Gasteiger partial charge in [-0.1, -0.05) is 55.5 Å².